The van der Waals surface area contributed by atoms with Crippen molar-refractivity contribution in [1.82, 2.24) is 4.98 Å². The molecule has 0 aliphatic heterocycles. The first-order valence-corrected chi connectivity index (χ1v) is 6.18. The van der Waals surface area contributed by atoms with Crippen LogP contribution in [-0.2, 0) is 6.54 Å². The first-order chi connectivity index (χ1) is 9.35. The Bertz CT molecular complexity index is 710. The third kappa shape index (κ3) is 2.56. The van der Waals surface area contributed by atoms with Crippen LogP contribution in [0.15, 0.2) is 60.7 Å². The summed E-state index contributed by atoms with van der Waals surface area (Å²) in [6.45, 7) is 0.412. The number of pyridine rings is 1. The van der Waals surface area contributed by atoms with Gasteiger partial charge in [0.1, 0.15) is 5.75 Å². The van der Waals surface area contributed by atoms with Gasteiger partial charge in [-0.3, -0.25) is 0 Å². The maximum absolute atomic E-state index is 5.76. The maximum atomic E-state index is 5.76. The van der Waals surface area contributed by atoms with Gasteiger partial charge in [-0.05, 0) is 29.0 Å². The third-order valence-corrected chi connectivity index (χ3v) is 2.93. The number of ether oxygens (including phenoxy) is 1. The molecule has 94 valence electrons. The lowest BCUT2D eigenvalue weighted by Gasteiger charge is -2.07. The first-order valence-electron chi connectivity index (χ1n) is 6.18. The van der Waals surface area contributed by atoms with E-state index < -0.39 is 0 Å². The first kappa shape index (κ1) is 11.7. The summed E-state index contributed by atoms with van der Waals surface area (Å²) in [5.74, 6) is 1.35. The molecule has 0 bridgehead atoms. The highest BCUT2D eigenvalue weighted by atomic mass is 16.5. The quantitative estimate of drug-likeness (QED) is 0.774. The number of benzene rings is 2. The second-order valence-corrected chi connectivity index (χ2v) is 4.28. The molecule has 3 nitrogen and oxygen atoms in total. The van der Waals surface area contributed by atoms with Crippen molar-refractivity contribution >= 4 is 10.8 Å². The number of aromatic nitrogens is 1. The van der Waals surface area contributed by atoms with E-state index in [4.69, 9.17) is 10.5 Å². The van der Waals surface area contributed by atoms with E-state index in [0.717, 1.165) is 16.8 Å². The molecule has 19 heavy (non-hydrogen) atoms. The van der Waals surface area contributed by atoms with Gasteiger partial charge in [0.2, 0.25) is 5.88 Å². The van der Waals surface area contributed by atoms with Crippen LogP contribution < -0.4 is 10.5 Å². The maximum Gasteiger partial charge on any atom is 0.219 e. The molecule has 0 fully saturated rings. The van der Waals surface area contributed by atoms with E-state index in [1.165, 1.54) is 5.39 Å². The Labute approximate surface area is 111 Å². The zero-order chi connectivity index (χ0) is 13.1. The van der Waals surface area contributed by atoms with Crippen molar-refractivity contribution in [1.29, 1.82) is 0 Å². The van der Waals surface area contributed by atoms with Gasteiger partial charge in [-0.15, -0.1) is 0 Å². The molecule has 0 spiro atoms. The lowest BCUT2D eigenvalue weighted by Crippen LogP contribution is -2.00. The van der Waals surface area contributed by atoms with Gasteiger partial charge in [0, 0.05) is 12.6 Å². The normalized spacial score (nSPS) is 10.6. The van der Waals surface area contributed by atoms with Crippen LogP contribution in [0.4, 0.5) is 0 Å². The monoisotopic (exact) mass is 250 g/mol. The van der Waals surface area contributed by atoms with E-state index in [1.54, 1.807) is 0 Å². The molecule has 0 atom stereocenters. The molecule has 1 aromatic heterocycles. The van der Waals surface area contributed by atoms with E-state index in [1.807, 2.05) is 48.5 Å². The Morgan fingerprint density at radius 2 is 1.74 bits per heavy atom. The molecular formula is C16H14N2O. The van der Waals surface area contributed by atoms with Crippen LogP contribution in [0.3, 0.4) is 0 Å². The Balaban J connectivity index is 1.92. The van der Waals surface area contributed by atoms with Gasteiger partial charge in [0.15, 0.2) is 0 Å². The lowest BCUT2D eigenvalue weighted by atomic mass is 10.1. The molecule has 3 heteroatoms. The van der Waals surface area contributed by atoms with Gasteiger partial charge in [-0.1, -0.05) is 36.4 Å². The zero-order valence-electron chi connectivity index (χ0n) is 10.4. The molecule has 0 aliphatic rings. The minimum atomic E-state index is 0.412. The summed E-state index contributed by atoms with van der Waals surface area (Å²) in [7, 11) is 0. The fourth-order valence-corrected chi connectivity index (χ4v) is 1.98. The SMILES string of the molecule is NCc1cccc(Oc2ccc3ccccc3c2)n1. The number of hydrogen-bond donors (Lipinski definition) is 1. The predicted molar refractivity (Wildman–Crippen MR) is 76.2 cm³/mol. The minimum absolute atomic E-state index is 0.412. The van der Waals surface area contributed by atoms with E-state index in [2.05, 4.69) is 17.1 Å². The highest BCUT2D eigenvalue weighted by Gasteiger charge is 2.01. The molecule has 2 N–H and O–H groups in total. The number of hydrogen-bond acceptors (Lipinski definition) is 3. The van der Waals surface area contributed by atoms with Crippen molar-refractivity contribution in [3.8, 4) is 11.6 Å². The highest BCUT2D eigenvalue weighted by Crippen LogP contribution is 2.24. The third-order valence-electron chi connectivity index (χ3n) is 2.93. The standard InChI is InChI=1S/C16H14N2O/c17-11-14-6-3-7-16(18-14)19-15-9-8-12-4-1-2-5-13(12)10-15/h1-10H,11,17H2. The van der Waals surface area contributed by atoms with Crippen molar-refractivity contribution < 1.29 is 4.74 Å². The average molecular weight is 250 g/mol. The van der Waals surface area contributed by atoms with Crippen LogP contribution in [0.1, 0.15) is 5.69 Å². The molecule has 2 aromatic carbocycles. The van der Waals surface area contributed by atoms with Gasteiger partial charge in [-0.25, -0.2) is 4.98 Å². The molecule has 0 saturated heterocycles. The smallest absolute Gasteiger partial charge is 0.219 e. The minimum Gasteiger partial charge on any atom is -0.439 e. The second-order valence-electron chi connectivity index (χ2n) is 4.28. The summed E-state index contributed by atoms with van der Waals surface area (Å²) in [5, 5.41) is 2.34. The van der Waals surface area contributed by atoms with Gasteiger partial charge in [0.25, 0.3) is 0 Å². The zero-order valence-corrected chi connectivity index (χ0v) is 10.4. The van der Waals surface area contributed by atoms with Crippen LogP contribution in [0.25, 0.3) is 10.8 Å². The van der Waals surface area contributed by atoms with Crippen LogP contribution >= 0.6 is 0 Å². The molecule has 1 heterocycles. The van der Waals surface area contributed by atoms with Crippen LogP contribution in [-0.4, -0.2) is 4.98 Å². The van der Waals surface area contributed by atoms with Crippen LogP contribution in [0.5, 0.6) is 11.6 Å². The summed E-state index contributed by atoms with van der Waals surface area (Å²) in [5.41, 5.74) is 6.39. The summed E-state index contributed by atoms with van der Waals surface area (Å²) in [4.78, 5) is 4.32. The van der Waals surface area contributed by atoms with Crippen LogP contribution in [0.2, 0.25) is 0 Å². The van der Waals surface area contributed by atoms with Gasteiger partial charge in [0.05, 0.1) is 5.69 Å². The van der Waals surface area contributed by atoms with Crippen molar-refractivity contribution in [2.45, 2.75) is 6.54 Å². The second kappa shape index (κ2) is 5.08. The number of rotatable bonds is 3. The van der Waals surface area contributed by atoms with Crippen molar-refractivity contribution in [2.24, 2.45) is 5.73 Å². The Hall–Kier alpha value is -2.39. The molecule has 0 saturated carbocycles. The van der Waals surface area contributed by atoms with E-state index >= 15 is 0 Å². The van der Waals surface area contributed by atoms with Crippen LogP contribution in [0, 0.1) is 0 Å². The molecule has 3 rings (SSSR count). The fraction of sp³-hybridized carbons (Fsp3) is 0.0625. The molecule has 3 aromatic rings. The number of fused-ring (bicyclic) bond motifs is 1. The van der Waals surface area contributed by atoms with Gasteiger partial charge in [-0.2, -0.15) is 0 Å². The fourth-order valence-electron chi connectivity index (χ4n) is 1.98. The van der Waals surface area contributed by atoms with E-state index in [9.17, 15) is 0 Å². The largest absolute Gasteiger partial charge is 0.439 e. The number of nitrogens with zero attached hydrogens (tertiary/aromatic N) is 1. The summed E-state index contributed by atoms with van der Waals surface area (Å²) in [6, 6.07) is 19.8. The number of nitrogens with two attached hydrogens (primary N) is 1. The Morgan fingerprint density at radius 1 is 0.895 bits per heavy atom. The van der Waals surface area contributed by atoms with Gasteiger partial charge >= 0.3 is 0 Å². The van der Waals surface area contributed by atoms with Crippen molar-refractivity contribution in [2.75, 3.05) is 0 Å². The summed E-state index contributed by atoms with van der Waals surface area (Å²) >= 11 is 0. The lowest BCUT2D eigenvalue weighted by molar-refractivity contribution is 0.461. The van der Waals surface area contributed by atoms with Crippen molar-refractivity contribution in [3.05, 3.63) is 66.4 Å². The Kier molecular flexibility index (Phi) is 3.12. The van der Waals surface area contributed by atoms with Crippen molar-refractivity contribution in [3.63, 3.8) is 0 Å². The summed E-state index contributed by atoms with van der Waals surface area (Å²) in [6.07, 6.45) is 0. The Morgan fingerprint density at radius 3 is 2.58 bits per heavy atom. The molecule has 0 radical (unpaired) electrons. The van der Waals surface area contributed by atoms with E-state index in [0.29, 0.717) is 12.4 Å². The molecular weight excluding hydrogens is 236 g/mol. The topological polar surface area (TPSA) is 48.1 Å². The van der Waals surface area contributed by atoms with E-state index in [-0.39, 0.29) is 0 Å². The highest BCUT2D eigenvalue weighted by molar-refractivity contribution is 5.83. The molecule has 0 amide bonds. The average Bonchev–Trinajstić information content (AvgIpc) is 2.47. The van der Waals surface area contributed by atoms with Gasteiger partial charge < -0.3 is 10.5 Å². The summed E-state index contributed by atoms with van der Waals surface area (Å²) < 4.78 is 5.76. The molecule has 0 aliphatic carbocycles. The predicted octanol–water partition coefficient (Wildman–Crippen LogP) is 3.49. The molecule has 0 unspecified atom stereocenters.